The van der Waals surface area contributed by atoms with Crippen LogP contribution >= 0.6 is 0 Å². The van der Waals surface area contributed by atoms with Crippen molar-refractivity contribution in [2.75, 3.05) is 33.0 Å². The van der Waals surface area contributed by atoms with Gasteiger partial charge in [-0.15, -0.1) is 0 Å². The van der Waals surface area contributed by atoms with Gasteiger partial charge in [-0.1, -0.05) is 0 Å². The summed E-state index contributed by atoms with van der Waals surface area (Å²) >= 11 is 0. The van der Waals surface area contributed by atoms with Crippen LogP contribution in [0.15, 0.2) is 36.7 Å². The predicted octanol–water partition coefficient (Wildman–Crippen LogP) is 1.81. The molecule has 28 heavy (non-hydrogen) atoms. The van der Waals surface area contributed by atoms with E-state index < -0.39 is 4.92 Å². The molecular formula is C19H20N4O5. The van der Waals surface area contributed by atoms with Gasteiger partial charge in [-0.05, 0) is 12.1 Å². The average Bonchev–Trinajstić information content (AvgIpc) is 2.74. The van der Waals surface area contributed by atoms with E-state index in [2.05, 4.69) is 9.88 Å². The molecule has 3 heterocycles. The Morgan fingerprint density at radius 1 is 1.18 bits per heavy atom. The predicted molar refractivity (Wildman–Crippen MR) is 98.8 cm³/mol. The Hall–Kier alpha value is -3.04. The Balaban J connectivity index is 1.44. The molecule has 1 fully saturated rings. The first-order chi connectivity index (χ1) is 13.6. The molecule has 146 valence electrons. The van der Waals surface area contributed by atoms with E-state index in [9.17, 15) is 14.9 Å². The quantitative estimate of drug-likeness (QED) is 0.586. The molecule has 2 aromatic rings. The van der Waals surface area contributed by atoms with Gasteiger partial charge in [0.15, 0.2) is 6.79 Å². The van der Waals surface area contributed by atoms with Crippen LogP contribution in [-0.4, -0.2) is 58.6 Å². The molecule has 1 saturated heterocycles. The zero-order chi connectivity index (χ0) is 19.5. The molecule has 1 aromatic heterocycles. The van der Waals surface area contributed by atoms with Gasteiger partial charge in [0, 0.05) is 73.9 Å². The highest BCUT2D eigenvalue weighted by Gasteiger charge is 2.25. The highest BCUT2D eigenvalue weighted by atomic mass is 16.7. The monoisotopic (exact) mass is 384 g/mol. The molecule has 2 aliphatic heterocycles. The van der Waals surface area contributed by atoms with Gasteiger partial charge in [0.25, 0.3) is 11.6 Å². The first kappa shape index (κ1) is 18.3. The normalized spacial score (nSPS) is 16.9. The van der Waals surface area contributed by atoms with E-state index in [-0.39, 0.29) is 18.4 Å². The number of carbonyl (C=O) groups is 1. The Morgan fingerprint density at radius 3 is 2.64 bits per heavy atom. The number of nitro benzene ring substituents is 1. The second kappa shape index (κ2) is 7.91. The summed E-state index contributed by atoms with van der Waals surface area (Å²) in [6.07, 6.45) is 3.22. The first-order valence-electron chi connectivity index (χ1n) is 9.04. The fourth-order valence-corrected chi connectivity index (χ4v) is 3.53. The van der Waals surface area contributed by atoms with Crippen LogP contribution < -0.4 is 4.74 Å². The van der Waals surface area contributed by atoms with Crippen LogP contribution in [0.5, 0.6) is 5.75 Å². The number of ether oxygens (including phenoxy) is 2. The van der Waals surface area contributed by atoms with Gasteiger partial charge >= 0.3 is 0 Å². The van der Waals surface area contributed by atoms with Crippen molar-refractivity contribution in [1.82, 2.24) is 14.8 Å². The molecule has 0 atom stereocenters. The molecule has 9 heteroatoms. The summed E-state index contributed by atoms with van der Waals surface area (Å²) in [6.45, 7) is 3.55. The van der Waals surface area contributed by atoms with Crippen LogP contribution in [0.1, 0.15) is 21.5 Å². The fraction of sp³-hybridized carbons (Fsp3) is 0.368. The van der Waals surface area contributed by atoms with E-state index in [1.807, 2.05) is 4.90 Å². The van der Waals surface area contributed by atoms with Crippen molar-refractivity contribution in [3.8, 4) is 5.75 Å². The summed E-state index contributed by atoms with van der Waals surface area (Å²) in [4.78, 5) is 31.3. The Morgan fingerprint density at radius 2 is 1.93 bits per heavy atom. The maximum absolute atomic E-state index is 12.5. The molecule has 0 bridgehead atoms. The topological polar surface area (TPSA) is 98.0 Å². The lowest BCUT2D eigenvalue weighted by atomic mass is 10.1. The smallest absolute Gasteiger partial charge is 0.270 e. The molecule has 0 spiro atoms. The number of nitro groups is 1. The van der Waals surface area contributed by atoms with E-state index in [1.165, 1.54) is 6.07 Å². The summed E-state index contributed by atoms with van der Waals surface area (Å²) in [5.74, 6) is 0.669. The molecule has 1 aromatic carbocycles. The molecule has 4 rings (SSSR count). The van der Waals surface area contributed by atoms with Crippen LogP contribution in [0, 0.1) is 10.1 Å². The molecule has 0 aliphatic carbocycles. The lowest BCUT2D eigenvalue weighted by molar-refractivity contribution is -0.385. The van der Waals surface area contributed by atoms with Crippen molar-refractivity contribution in [2.24, 2.45) is 0 Å². The Bertz CT molecular complexity index is 881. The maximum Gasteiger partial charge on any atom is 0.270 e. The van der Waals surface area contributed by atoms with E-state index in [1.54, 1.807) is 30.6 Å². The lowest BCUT2D eigenvalue weighted by Gasteiger charge is -2.35. The van der Waals surface area contributed by atoms with Gasteiger partial charge in [-0.25, -0.2) is 0 Å². The highest BCUT2D eigenvalue weighted by Crippen LogP contribution is 2.33. The third-order valence-electron chi connectivity index (χ3n) is 4.96. The molecule has 2 aliphatic rings. The number of non-ortho nitro benzene ring substituents is 1. The minimum Gasteiger partial charge on any atom is -0.467 e. The van der Waals surface area contributed by atoms with E-state index in [0.717, 1.165) is 5.56 Å². The molecule has 0 N–H and O–H groups in total. The summed E-state index contributed by atoms with van der Waals surface area (Å²) in [5.41, 5.74) is 2.14. The van der Waals surface area contributed by atoms with Crippen LogP contribution in [0.3, 0.4) is 0 Å². The van der Waals surface area contributed by atoms with Crippen molar-refractivity contribution in [3.05, 3.63) is 63.5 Å². The largest absolute Gasteiger partial charge is 0.467 e. The zero-order valence-electron chi connectivity index (χ0n) is 15.2. The van der Waals surface area contributed by atoms with Gasteiger partial charge in [-0.3, -0.25) is 24.8 Å². The molecule has 0 unspecified atom stereocenters. The van der Waals surface area contributed by atoms with Crippen molar-refractivity contribution >= 4 is 11.6 Å². The number of pyridine rings is 1. The molecule has 9 nitrogen and oxygen atoms in total. The second-order valence-electron chi connectivity index (χ2n) is 6.77. The number of fused-ring (bicyclic) bond motifs is 1. The van der Waals surface area contributed by atoms with Gasteiger partial charge in [0.2, 0.25) is 0 Å². The van der Waals surface area contributed by atoms with Gasteiger partial charge in [0.1, 0.15) is 5.75 Å². The number of rotatable bonds is 4. The van der Waals surface area contributed by atoms with Crippen molar-refractivity contribution in [3.63, 3.8) is 0 Å². The lowest BCUT2D eigenvalue weighted by Crippen LogP contribution is -2.48. The standard InChI is InChI=1S/C19H20N4O5/c24-19(14-1-3-20-4-2-14)22-7-5-21(6-8-22)11-15-9-17(23(25)26)10-16-12-27-13-28-18(15)16/h1-4,9-10H,5-8,11-13H2. The number of hydrogen-bond donors (Lipinski definition) is 0. The van der Waals surface area contributed by atoms with E-state index >= 15 is 0 Å². The van der Waals surface area contributed by atoms with Crippen LogP contribution in [0.4, 0.5) is 5.69 Å². The van der Waals surface area contributed by atoms with Gasteiger partial charge in [0.05, 0.1) is 11.5 Å². The molecule has 0 radical (unpaired) electrons. The number of piperazine rings is 1. The number of nitrogens with zero attached hydrogens (tertiary/aromatic N) is 4. The highest BCUT2D eigenvalue weighted by molar-refractivity contribution is 5.94. The summed E-state index contributed by atoms with van der Waals surface area (Å²) in [6, 6.07) is 6.50. The summed E-state index contributed by atoms with van der Waals surface area (Å²) < 4.78 is 10.9. The van der Waals surface area contributed by atoms with Gasteiger partial charge < -0.3 is 14.4 Å². The van der Waals surface area contributed by atoms with Gasteiger partial charge in [-0.2, -0.15) is 0 Å². The zero-order valence-corrected chi connectivity index (χ0v) is 15.2. The van der Waals surface area contributed by atoms with Crippen LogP contribution in [0.2, 0.25) is 0 Å². The minimum atomic E-state index is -0.399. The second-order valence-corrected chi connectivity index (χ2v) is 6.77. The Labute approximate surface area is 161 Å². The van der Waals surface area contributed by atoms with Crippen molar-refractivity contribution < 1.29 is 19.2 Å². The Kier molecular flexibility index (Phi) is 5.18. The maximum atomic E-state index is 12.5. The van der Waals surface area contributed by atoms with Crippen molar-refractivity contribution in [2.45, 2.75) is 13.2 Å². The number of hydrogen-bond acceptors (Lipinski definition) is 7. The molecular weight excluding hydrogens is 364 g/mol. The third kappa shape index (κ3) is 3.80. The number of benzene rings is 1. The van der Waals surface area contributed by atoms with E-state index in [0.29, 0.717) is 56.2 Å². The number of aromatic nitrogens is 1. The SMILES string of the molecule is O=C(c1ccncc1)N1CCN(Cc2cc([N+](=O)[O-])cc3c2OCOC3)CC1. The molecule has 0 saturated carbocycles. The number of carbonyl (C=O) groups excluding carboxylic acids is 1. The van der Waals surface area contributed by atoms with Crippen molar-refractivity contribution in [1.29, 1.82) is 0 Å². The fourth-order valence-electron chi connectivity index (χ4n) is 3.53. The van der Waals surface area contributed by atoms with Crippen LogP contribution in [-0.2, 0) is 17.9 Å². The summed E-state index contributed by atoms with van der Waals surface area (Å²) in [7, 11) is 0. The summed E-state index contributed by atoms with van der Waals surface area (Å²) in [5, 5.41) is 11.2. The van der Waals surface area contributed by atoms with Crippen LogP contribution in [0.25, 0.3) is 0 Å². The first-order valence-corrected chi connectivity index (χ1v) is 9.04. The minimum absolute atomic E-state index is 0.00439. The third-order valence-corrected chi connectivity index (χ3v) is 4.96. The molecule has 1 amide bonds. The van der Waals surface area contributed by atoms with E-state index in [4.69, 9.17) is 9.47 Å². The number of amides is 1. The average molecular weight is 384 g/mol.